The molecule has 4 nitrogen and oxygen atoms in total. The molecule has 7 heteroatoms. The molecule has 116 valence electrons. The Bertz CT molecular complexity index is 531. The lowest BCUT2D eigenvalue weighted by Crippen LogP contribution is -2.25. The number of hydrogen-bond donors (Lipinski definition) is 1. The highest BCUT2D eigenvalue weighted by Crippen LogP contribution is 2.37. The first-order chi connectivity index (χ1) is 9.76. The number of nitrogens with zero attached hydrogens (tertiary/aromatic N) is 1. The average molecular weight is 302 g/mol. The number of alkyl halides is 3. The summed E-state index contributed by atoms with van der Waals surface area (Å²) >= 11 is 0. The van der Waals surface area contributed by atoms with Crippen molar-refractivity contribution in [2.24, 2.45) is 11.8 Å². The number of ether oxygens (including phenoxy) is 1. The molecule has 0 aromatic carbocycles. The third-order valence-corrected chi connectivity index (χ3v) is 3.48. The van der Waals surface area contributed by atoms with Crippen LogP contribution in [0.5, 0.6) is 5.88 Å². The molecule has 2 rings (SSSR count). The van der Waals surface area contributed by atoms with Gasteiger partial charge in [-0.05, 0) is 30.4 Å². The number of amides is 1. The SMILES string of the molecule is Cc1cc(OCC(F)(F)F)ncc1CNC(=O)C1CC1C. The van der Waals surface area contributed by atoms with E-state index >= 15 is 0 Å². The van der Waals surface area contributed by atoms with E-state index < -0.39 is 12.8 Å². The lowest BCUT2D eigenvalue weighted by Gasteiger charge is -2.11. The highest BCUT2D eigenvalue weighted by molar-refractivity contribution is 5.81. The molecule has 1 saturated carbocycles. The number of carbonyl (C=O) groups excluding carboxylic acids is 1. The number of aromatic nitrogens is 1. The van der Waals surface area contributed by atoms with E-state index in [-0.39, 0.29) is 17.7 Å². The summed E-state index contributed by atoms with van der Waals surface area (Å²) in [6.45, 7) is 2.71. The molecule has 1 aromatic heterocycles. The van der Waals surface area contributed by atoms with Crippen molar-refractivity contribution in [3.05, 3.63) is 23.4 Å². The second-order valence-electron chi connectivity index (χ2n) is 5.39. The molecule has 1 aliphatic carbocycles. The first-order valence-electron chi connectivity index (χ1n) is 6.69. The molecule has 1 amide bonds. The number of pyridine rings is 1. The molecule has 0 aliphatic heterocycles. The molecule has 1 aliphatic rings. The zero-order valence-electron chi connectivity index (χ0n) is 11.8. The van der Waals surface area contributed by atoms with Crippen molar-refractivity contribution in [1.82, 2.24) is 10.3 Å². The highest BCUT2D eigenvalue weighted by Gasteiger charge is 2.38. The zero-order chi connectivity index (χ0) is 15.6. The fourth-order valence-electron chi connectivity index (χ4n) is 1.98. The second-order valence-corrected chi connectivity index (χ2v) is 5.39. The monoisotopic (exact) mass is 302 g/mol. The summed E-state index contributed by atoms with van der Waals surface area (Å²) in [6.07, 6.45) is -2.05. The van der Waals surface area contributed by atoms with Gasteiger partial charge in [0.1, 0.15) is 0 Å². The standard InChI is InChI=1S/C14H17F3N2O2/c1-8-4-12(21-7-14(15,16)17)18-5-10(8)6-19-13(20)11-3-9(11)2/h4-5,9,11H,3,6-7H2,1-2H3,(H,19,20). The van der Waals surface area contributed by atoms with Gasteiger partial charge in [0.2, 0.25) is 11.8 Å². The molecule has 21 heavy (non-hydrogen) atoms. The van der Waals surface area contributed by atoms with Gasteiger partial charge < -0.3 is 10.1 Å². The van der Waals surface area contributed by atoms with Crippen LogP contribution in [-0.4, -0.2) is 23.7 Å². The molecule has 1 heterocycles. The third kappa shape index (κ3) is 4.61. The fourth-order valence-corrected chi connectivity index (χ4v) is 1.98. The number of rotatable bonds is 5. The van der Waals surface area contributed by atoms with Crippen LogP contribution in [-0.2, 0) is 11.3 Å². The molecule has 0 spiro atoms. The van der Waals surface area contributed by atoms with Crippen LogP contribution in [0.2, 0.25) is 0 Å². The summed E-state index contributed by atoms with van der Waals surface area (Å²) in [7, 11) is 0. The maximum absolute atomic E-state index is 12.0. The van der Waals surface area contributed by atoms with Crippen molar-refractivity contribution in [2.45, 2.75) is 33.0 Å². The Morgan fingerprint density at radius 1 is 1.52 bits per heavy atom. The number of halogens is 3. The van der Waals surface area contributed by atoms with E-state index in [4.69, 9.17) is 0 Å². The summed E-state index contributed by atoms with van der Waals surface area (Å²) in [5.74, 6) is 0.463. The number of carbonyl (C=O) groups is 1. The van der Waals surface area contributed by atoms with Gasteiger partial charge in [-0.2, -0.15) is 13.2 Å². The third-order valence-electron chi connectivity index (χ3n) is 3.48. The molecule has 1 aromatic rings. The lowest BCUT2D eigenvalue weighted by atomic mass is 10.1. The summed E-state index contributed by atoms with van der Waals surface area (Å²) in [5.41, 5.74) is 1.49. The quantitative estimate of drug-likeness (QED) is 0.909. The van der Waals surface area contributed by atoms with Gasteiger partial charge in [-0.15, -0.1) is 0 Å². The van der Waals surface area contributed by atoms with Crippen LogP contribution in [0.3, 0.4) is 0 Å². The van der Waals surface area contributed by atoms with Gasteiger partial charge in [0.25, 0.3) is 0 Å². The fraction of sp³-hybridized carbons (Fsp3) is 0.571. The molecule has 0 radical (unpaired) electrons. The highest BCUT2D eigenvalue weighted by atomic mass is 19.4. The molecule has 0 bridgehead atoms. The Balaban J connectivity index is 1.88. The Morgan fingerprint density at radius 3 is 2.71 bits per heavy atom. The average Bonchev–Trinajstić information content (AvgIpc) is 3.11. The van der Waals surface area contributed by atoms with Gasteiger partial charge in [-0.3, -0.25) is 4.79 Å². The Labute approximate surface area is 120 Å². The Morgan fingerprint density at radius 2 is 2.19 bits per heavy atom. The van der Waals surface area contributed by atoms with Crippen molar-refractivity contribution in [3.8, 4) is 5.88 Å². The van der Waals surface area contributed by atoms with Crippen LogP contribution in [0.25, 0.3) is 0 Å². The minimum Gasteiger partial charge on any atom is -0.468 e. The van der Waals surface area contributed by atoms with Crippen LogP contribution in [0.15, 0.2) is 12.3 Å². The van der Waals surface area contributed by atoms with Gasteiger partial charge in [0, 0.05) is 24.7 Å². The largest absolute Gasteiger partial charge is 0.468 e. The minimum absolute atomic E-state index is 0.0132. The first-order valence-corrected chi connectivity index (χ1v) is 6.69. The van der Waals surface area contributed by atoms with E-state index in [1.54, 1.807) is 6.92 Å². The first kappa shape index (κ1) is 15.6. The molecule has 2 unspecified atom stereocenters. The topological polar surface area (TPSA) is 51.2 Å². The molecule has 1 fully saturated rings. The maximum Gasteiger partial charge on any atom is 0.422 e. The zero-order valence-corrected chi connectivity index (χ0v) is 11.8. The van der Waals surface area contributed by atoms with Gasteiger partial charge in [0.05, 0.1) is 0 Å². The Kier molecular flexibility index (Phi) is 4.39. The van der Waals surface area contributed by atoms with Gasteiger partial charge in [0.15, 0.2) is 6.61 Å². The molecular formula is C14H17F3N2O2. The van der Waals surface area contributed by atoms with Crippen LogP contribution in [0.1, 0.15) is 24.5 Å². The normalized spacial score (nSPS) is 21.0. The van der Waals surface area contributed by atoms with Gasteiger partial charge in [-0.1, -0.05) is 6.92 Å². The van der Waals surface area contributed by atoms with Crippen molar-refractivity contribution in [3.63, 3.8) is 0 Å². The van der Waals surface area contributed by atoms with Crippen LogP contribution >= 0.6 is 0 Å². The predicted octanol–water partition coefficient (Wildman–Crippen LogP) is 2.60. The summed E-state index contributed by atoms with van der Waals surface area (Å²) in [6, 6.07) is 1.44. The lowest BCUT2D eigenvalue weighted by molar-refractivity contribution is -0.154. The number of hydrogen-bond acceptors (Lipinski definition) is 3. The number of nitrogens with one attached hydrogen (secondary N) is 1. The van der Waals surface area contributed by atoms with E-state index in [2.05, 4.69) is 15.0 Å². The summed E-state index contributed by atoms with van der Waals surface area (Å²) in [4.78, 5) is 15.5. The molecule has 0 saturated heterocycles. The molecular weight excluding hydrogens is 285 g/mol. The van der Waals surface area contributed by atoms with Crippen LogP contribution < -0.4 is 10.1 Å². The van der Waals surface area contributed by atoms with Crippen molar-refractivity contribution in [1.29, 1.82) is 0 Å². The maximum atomic E-state index is 12.0. The van der Waals surface area contributed by atoms with E-state index in [0.29, 0.717) is 12.5 Å². The molecule has 1 N–H and O–H groups in total. The molecule has 2 atom stereocenters. The van der Waals surface area contributed by atoms with Crippen LogP contribution in [0.4, 0.5) is 13.2 Å². The predicted molar refractivity (Wildman–Crippen MR) is 69.6 cm³/mol. The summed E-state index contributed by atoms with van der Waals surface area (Å²) in [5, 5.41) is 2.81. The van der Waals surface area contributed by atoms with Gasteiger partial charge >= 0.3 is 6.18 Å². The van der Waals surface area contributed by atoms with Crippen LogP contribution in [0, 0.1) is 18.8 Å². The summed E-state index contributed by atoms with van der Waals surface area (Å²) < 4.78 is 40.7. The van der Waals surface area contributed by atoms with Crippen molar-refractivity contribution < 1.29 is 22.7 Å². The van der Waals surface area contributed by atoms with Crippen molar-refractivity contribution >= 4 is 5.91 Å². The van der Waals surface area contributed by atoms with Gasteiger partial charge in [-0.25, -0.2) is 4.98 Å². The van der Waals surface area contributed by atoms with E-state index in [1.165, 1.54) is 12.3 Å². The number of aryl methyl sites for hydroxylation is 1. The smallest absolute Gasteiger partial charge is 0.422 e. The van der Waals surface area contributed by atoms with Crippen molar-refractivity contribution in [2.75, 3.05) is 6.61 Å². The minimum atomic E-state index is -4.39. The van der Waals surface area contributed by atoms with E-state index in [0.717, 1.165) is 17.5 Å². The van der Waals surface area contributed by atoms with E-state index in [1.807, 2.05) is 6.92 Å². The second kappa shape index (κ2) is 5.91. The van der Waals surface area contributed by atoms with E-state index in [9.17, 15) is 18.0 Å². The Hall–Kier alpha value is -1.79.